The predicted octanol–water partition coefficient (Wildman–Crippen LogP) is -0.124. The Bertz CT molecular complexity index is 394. The summed E-state index contributed by atoms with van der Waals surface area (Å²) >= 11 is 0. The summed E-state index contributed by atoms with van der Waals surface area (Å²) in [6, 6.07) is 0. The summed E-state index contributed by atoms with van der Waals surface area (Å²) in [4.78, 5) is 0. The summed E-state index contributed by atoms with van der Waals surface area (Å²) in [6.45, 7) is -0.425. The molecule has 2 heterocycles. The Kier molecular flexibility index (Phi) is 2.07. The minimum Gasteiger partial charge on any atom is -0.507 e. The maximum Gasteiger partial charge on any atom is 0.189 e. The van der Waals surface area contributed by atoms with Crippen molar-refractivity contribution < 1.29 is 20.4 Å². The molecule has 0 amide bonds. The summed E-state index contributed by atoms with van der Waals surface area (Å²) in [6.07, 6.45) is 1.80. The summed E-state index contributed by atoms with van der Waals surface area (Å²) < 4.78 is 1.41. The Morgan fingerprint density at radius 1 is 1.29 bits per heavy atom. The number of aliphatic hydroxyl groups excluding tert-OH is 4. The Hall–Kier alpha value is -1.30. The summed E-state index contributed by atoms with van der Waals surface area (Å²) in [5, 5.41) is 36.7. The van der Waals surface area contributed by atoms with Crippen molar-refractivity contribution in [2.45, 2.75) is 19.4 Å². The molecule has 1 aromatic rings. The van der Waals surface area contributed by atoms with Gasteiger partial charge in [-0.25, -0.2) is 0 Å². The minimum atomic E-state index is -1.10. The van der Waals surface area contributed by atoms with Gasteiger partial charge in [0.1, 0.15) is 5.76 Å². The van der Waals surface area contributed by atoms with Crippen LogP contribution in [0.25, 0.3) is 6.08 Å². The zero-order valence-electron chi connectivity index (χ0n) is 7.38. The molecule has 1 aliphatic heterocycles. The number of aliphatic hydroxyl groups is 4. The monoisotopic (exact) mass is 197 g/mol. The highest BCUT2D eigenvalue weighted by Crippen LogP contribution is 2.31. The van der Waals surface area contributed by atoms with Crippen LogP contribution in [-0.2, 0) is 13.2 Å². The fourth-order valence-corrected chi connectivity index (χ4v) is 1.68. The van der Waals surface area contributed by atoms with Gasteiger partial charge < -0.3 is 25.0 Å². The highest BCUT2D eigenvalue weighted by atomic mass is 16.3. The summed E-state index contributed by atoms with van der Waals surface area (Å²) in [5.74, 6) is -0.154. The third kappa shape index (κ3) is 1.07. The summed E-state index contributed by atoms with van der Waals surface area (Å²) in [7, 11) is 0. The molecule has 1 aliphatic rings. The maximum absolute atomic E-state index is 9.46. The third-order valence-corrected chi connectivity index (χ3v) is 2.41. The highest BCUT2D eigenvalue weighted by Gasteiger charge is 2.26. The van der Waals surface area contributed by atoms with Crippen molar-refractivity contribution in [3.63, 3.8) is 0 Å². The van der Waals surface area contributed by atoms with Crippen molar-refractivity contribution in [1.29, 1.82) is 0 Å². The normalized spacial score (nSPS) is 19.6. The third-order valence-electron chi connectivity index (χ3n) is 2.41. The van der Waals surface area contributed by atoms with Crippen LogP contribution in [0, 0.1) is 0 Å². The average molecular weight is 197 g/mol. The van der Waals surface area contributed by atoms with E-state index in [1.165, 1.54) is 16.8 Å². The quantitative estimate of drug-likeness (QED) is 0.532. The first-order chi connectivity index (χ1) is 6.69. The van der Waals surface area contributed by atoms with Gasteiger partial charge in [0.15, 0.2) is 6.23 Å². The first-order valence-corrected chi connectivity index (χ1v) is 4.22. The molecular formula is C9H11NO4. The number of rotatable bonds is 2. The van der Waals surface area contributed by atoms with Crippen LogP contribution in [0.4, 0.5) is 0 Å². The second-order valence-electron chi connectivity index (χ2n) is 3.18. The van der Waals surface area contributed by atoms with Gasteiger partial charge >= 0.3 is 0 Å². The van der Waals surface area contributed by atoms with Crippen molar-refractivity contribution >= 4 is 6.08 Å². The maximum atomic E-state index is 9.46. The zero-order valence-corrected chi connectivity index (χ0v) is 7.38. The van der Waals surface area contributed by atoms with Crippen LogP contribution in [0.3, 0.4) is 0 Å². The molecule has 1 aromatic heterocycles. The van der Waals surface area contributed by atoms with Gasteiger partial charge in [0.2, 0.25) is 0 Å². The first kappa shape index (κ1) is 9.26. The van der Waals surface area contributed by atoms with Gasteiger partial charge in [-0.3, -0.25) is 0 Å². The smallest absolute Gasteiger partial charge is 0.189 e. The predicted molar refractivity (Wildman–Crippen MR) is 48.1 cm³/mol. The van der Waals surface area contributed by atoms with Gasteiger partial charge in [0.25, 0.3) is 0 Å². The summed E-state index contributed by atoms with van der Waals surface area (Å²) in [5.41, 5.74) is 1.64. The SMILES string of the molecule is OCc1cn2c(c1CO)C=C(O)C2O. The molecule has 0 saturated carbocycles. The van der Waals surface area contributed by atoms with E-state index in [-0.39, 0.29) is 19.0 Å². The number of nitrogens with zero attached hydrogens (tertiary/aromatic N) is 1. The Balaban J connectivity index is 2.56. The second-order valence-corrected chi connectivity index (χ2v) is 3.18. The molecule has 0 spiro atoms. The van der Waals surface area contributed by atoms with Crippen LogP contribution in [0.1, 0.15) is 23.0 Å². The van der Waals surface area contributed by atoms with Gasteiger partial charge in [-0.05, 0) is 0 Å². The van der Waals surface area contributed by atoms with Crippen LogP contribution in [0.15, 0.2) is 12.0 Å². The number of fused-ring (bicyclic) bond motifs is 1. The zero-order chi connectivity index (χ0) is 10.3. The van der Waals surface area contributed by atoms with E-state index in [2.05, 4.69) is 0 Å². The van der Waals surface area contributed by atoms with Gasteiger partial charge in [-0.2, -0.15) is 0 Å². The minimum absolute atomic E-state index is 0.154. The molecule has 0 saturated heterocycles. The number of hydrogen-bond donors (Lipinski definition) is 4. The van der Waals surface area contributed by atoms with E-state index in [1.54, 1.807) is 0 Å². The first-order valence-electron chi connectivity index (χ1n) is 4.22. The molecule has 76 valence electrons. The number of aromatic nitrogens is 1. The lowest BCUT2D eigenvalue weighted by atomic mass is 10.1. The van der Waals surface area contributed by atoms with Crippen molar-refractivity contribution in [1.82, 2.24) is 4.57 Å². The Morgan fingerprint density at radius 3 is 2.57 bits per heavy atom. The lowest BCUT2D eigenvalue weighted by Crippen LogP contribution is -2.04. The van der Waals surface area contributed by atoms with E-state index in [0.717, 1.165) is 0 Å². The molecule has 0 fully saturated rings. The molecule has 0 radical (unpaired) electrons. The Labute approximate surface area is 80.2 Å². The fourth-order valence-electron chi connectivity index (χ4n) is 1.68. The second kappa shape index (κ2) is 3.13. The number of hydrogen-bond acceptors (Lipinski definition) is 4. The molecule has 0 bridgehead atoms. The molecule has 0 aromatic carbocycles. The topological polar surface area (TPSA) is 85.9 Å². The molecule has 1 unspecified atom stereocenters. The van der Waals surface area contributed by atoms with Crippen LogP contribution in [0.5, 0.6) is 0 Å². The molecule has 1 atom stereocenters. The van der Waals surface area contributed by atoms with E-state index in [9.17, 15) is 10.2 Å². The fraction of sp³-hybridized carbons (Fsp3) is 0.333. The molecule has 5 heteroatoms. The van der Waals surface area contributed by atoms with Crippen LogP contribution in [-0.4, -0.2) is 25.0 Å². The molecule has 14 heavy (non-hydrogen) atoms. The van der Waals surface area contributed by atoms with Crippen molar-refractivity contribution in [2.75, 3.05) is 0 Å². The molecular weight excluding hydrogens is 186 g/mol. The highest BCUT2D eigenvalue weighted by molar-refractivity contribution is 5.59. The van der Waals surface area contributed by atoms with Crippen LogP contribution < -0.4 is 0 Å². The van der Waals surface area contributed by atoms with E-state index in [0.29, 0.717) is 16.8 Å². The lowest BCUT2D eigenvalue weighted by molar-refractivity contribution is 0.101. The van der Waals surface area contributed by atoms with Crippen LogP contribution >= 0.6 is 0 Å². The average Bonchev–Trinajstić information content (AvgIpc) is 2.65. The molecule has 0 aliphatic carbocycles. The van der Waals surface area contributed by atoms with E-state index in [1.807, 2.05) is 0 Å². The largest absolute Gasteiger partial charge is 0.507 e. The van der Waals surface area contributed by atoms with Crippen molar-refractivity contribution in [2.24, 2.45) is 0 Å². The van der Waals surface area contributed by atoms with Gasteiger partial charge in [0.05, 0.1) is 18.9 Å². The van der Waals surface area contributed by atoms with E-state index < -0.39 is 6.23 Å². The van der Waals surface area contributed by atoms with Gasteiger partial charge in [0, 0.05) is 23.4 Å². The lowest BCUT2D eigenvalue weighted by Gasteiger charge is -2.05. The Morgan fingerprint density at radius 2 is 2.00 bits per heavy atom. The van der Waals surface area contributed by atoms with Crippen molar-refractivity contribution in [3.05, 3.63) is 28.8 Å². The van der Waals surface area contributed by atoms with Crippen molar-refractivity contribution in [3.8, 4) is 0 Å². The van der Waals surface area contributed by atoms with E-state index in [4.69, 9.17) is 10.2 Å². The van der Waals surface area contributed by atoms with Crippen LogP contribution in [0.2, 0.25) is 0 Å². The molecule has 4 N–H and O–H groups in total. The van der Waals surface area contributed by atoms with Gasteiger partial charge in [-0.15, -0.1) is 0 Å². The molecule has 2 rings (SSSR count). The molecule has 5 nitrogen and oxygen atoms in total. The van der Waals surface area contributed by atoms with Gasteiger partial charge in [-0.1, -0.05) is 0 Å². The van der Waals surface area contributed by atoms with E-state index >= 15 is 0 Å². The standard InChI is InChI=1S/C9H11NO4/c11-3-5-2-10-7(6(5)4-12)1-8(13)9(10)14/h1-2,9,11-14H,3-4H2.